The molecular weight excluding hydrogens is 395 g/mol. The van der Waals surface area contributed by atoms with E-state index in [1.54, 1.807) is 13.4 Å². The number of nitrogens with zero attached hydrogens (tertiary/aromatic N) is 3. The fourth-order valence-corrected chi connectivity index (χ4v) is 3.16. The second-order valence-corrected chi connectivity index (χ2v) is 6.90. The van der Waals surface area contributed by atoms with E-state index in [1.807, 2.05) is 4.57 Å². The molecule has 0 aliphatic heterocycles. The van der Waals surface area contributed by atoms with Crippen LogP contribution in [0.3, 0.4) is 0 Å². The van der Waals surface area contributed by atoms with Crippen LogP contribution in [0.5, 0.6) is 0 Å². The van der Waals surface area contributed by atoms with Crippen LogP contribution >= 0.6 is 46.6 Å². The Labute approximate surface area is 158 Å². The first-order chi connectivity index (χ1) is 11.5. The number of anilines is 1. The predicted molar refractivity (Wildman–Crippen MR) is 97.3 cm³/mol. The van der Waals surface area contributed by atoms with Gasteiger partial charge in [-0.1, -0.05) is 46.6 Å². The summed E-state index contributed by atoms with van der Waals surface area (Å²) in [5, 5.41) is 12.2. The molecule has 0 fully saturated rings. The van der Waals surface area contributed by atoms with Gasteiger partial charge in [-0.05, 0) is 18.6 Å². The smallest absolute Gasteiger partial charge is 0.234 e. The fourth-order valence-electron chi connectivity index (χ4n) is 1.82. The summed E-state index contributed by atoms with van der Waals surface area (Å²) in [6, 6.07) is 3.00. The molecule has 2 rings (SSSR count). The molecule has 0 unspecified atom stereocenters. The number of aromatic nitrogens is 3. The van der Waals surface area contributed by atoms with E-state index < -0.39 is 0 Å². The lowest BCUT2D eigenvalue weighted by Gasteiger charge is -2.09. The summed E-state index contributed by atoms with van der Waals surface area (Å²) in [6.45, 7) is 1.38. The van der Waals surface area contributed by atoms with Crippen LogP contribution in [0.4, 0.5) is 5.69 Å². The number of amides is 1. The molecule has 1 aromatic carbocycles. The maximum Gasteiger partial charge on any atom is 0.234 e. The molecule has 130 valence electrons. The molecule has 0 aliphatic carbocycles. The Morgan fingerprint density at radius 1 is 1.29 bits per heavy atom. The highest BCUT2D eigenvalue weighted by Crippen LogP contribution is 2.32. The maximum atomic E-state index is 12.1. The van der Waals surface area contributed by atoms with Gasteiger partial charge in [-0.15, -0.1) is 10.2 Å². The van der Waals surface area contributed by atoms with Gasteiger partial charge >= 0.3 is 0 Å². The standard InChI is InChI=1S/C14H15Cl3N4O2S/c1-23-4-2-3-21-8-18-20-14(21)24-7-13(22)19-12-6-10(16)9(15)5-11(12)17/h5-6,8H,2-4,7H2,1H3,(H,19,22). The van der Waals surface area contributed by atoms with Crippen LogP contribution in [0, 0.1) is 0 Å². The van der Waals surface area contributed by atoms with Gasteiger partial charge in [0.15, 0.2) is 5.16 Å². The number of carbonyl (C=O) groups is 1. The zero-order valence-corrected chi connectivity index (χ0v) is 15.8. The topological polar surface area (TPSA) is 69.0 Å². The lowest BCUT2D eigenvalue weighted by Crippen LogP contribution is -2.15. The average molecular weight is 410 g/mol. The van der Waals surface area contributed by atoms with Crippen LogP contribution in [0.25, 0.3) is 0 Å². The number of hydrogen-bond donors (Lipinski definition) is 1. The minimum Gasteiger partial charge on any atom is -0.385 e. The van der Waals surface area contributed by atoms with Crippen LogP contribution < -0.4 is 5.32 Å². The van der Waals surface area contributed by atoms with Gasteiger partial charge in [0.05, 0.1) is 26.5 Å². The summed E-state index contributed by atoms with van der Waals surface area (Å²) in [4.78, 5) is 12.1. The first kappa shape index (κ1) is 19.3. The molecule has 1 amide bonds. The Kier molecular flexibility index (Phi) is 7.64. The molecular formula is C14H15Cl3N4O2S. The normalized spacial score (nSPS) is 10.8. The number of nitrogens with one attached hydrogen (secondary N) is 1. The Morgan fingerprint density at radius 2 is 2.04 bits per heavy atom. The molecule has 2 aromatic rings. The number of hydrogen-bond acceptors (Lipinski definition) is 5. The van der Waals surface area contributed by atoms with E-state index in [-0.39, 0.29) is 11.7 Å². The van der Waals surface area contributed by atoms with Crippen molar-refractivity contribution < 1.29 is 9.53 Å². The van der Waals surface area contributed by atoms with Crippen molar-refractivity contribution >= 4 is 58.2 Å². The quantitative estimate of drug-likeness (QED) is 0.405. The summed E-state index contributed by atoms with van der Waals surface area (Å²) in [5.41, 5.74) is 0.415. The highest BCUT2D eigenvalue weighted by Gasteiger charge is 2.12. The number of carbonyl (C=O) groups excluding carboxylic acids is 1. The van der Waals surface area contributed by atoms with Crippen LogP contribution in [0.2, 0.25) is 15.1 Å². The van der Waals surface area contributed by atoms with Gasteiger partial charge in [0.1, 0.15) is 6.33 Å². The number of aryl methyl sites for hydroxylation is 1. The Balaban J connectivity index is 1.90. The molecule has 10 heteroatoms. The SMILES string of the molecule is COCCCn1cnnc1SCC(=O)Nc1cc(Cl)c(Cl)cc1Cl. The Morgan fingerprint density at radius 3 is 2.79 bits per heavy atom. The van der Waals surface area contributed by atoms with Gasteiger partial charge < -0.3 is 14.6 Å². The van der Waals surface area contributed by atoms with Crippen molar-refractivity contribution in [2.45, 2.75) is 18.1 Å². The van der Waals surface area contributed by atoms with Crippen molar-refractivity contribution in [3.05, 3.63) is 33.5 Å². The number of thioether (sulfide) groups is 1. The molecule has 0 aliphatic rings. The van der Waals surface area contributed by atoms with Crippen molar-refractivity contribution in [3.63, 3.8) is 0 Å². The van der Waals surface area contributed by atoms with Gasteiger partial charge in [0.2, 0.25) is 5.91 Å². The van der Waals surface area contributed by atoms with E-state index in [0.717, 1.165) is 13.0 Å². The van der Waals surface area contributed by atoms with Crippen molar-refractivity contribution in [2.24, 2.45) is 0 Å². The van der Waals surface area contributed by atoms with Crippen molar-refractivity contribution in [2.75, 3.05) is 24.8 Å². The van der Waals surface area contributed by atoms with Gasteiger partial charge in [-0.3, -0.25) is 4.79 Å². The van der Waals surface area contributed by atoms with Gasteiger partial charge in [0, 0.05) is 20.3 Å². The zero-order chi connectivity index (χ0) is 17.5. The first-order valence-electron chi connectivity index (χ1n) is 6.95. The van der Waals surface area contributed by atoms with Crippen molar-refractivity contribution in [1.29, 1.82) is 0 Å². The number of benzene rings is 1. The molecule has 0 saturated carbocycles. The third-order valence-electron chi connectivity index (χ3n) is 2.94. The van der Waals surface area contributed by atoms with Crippen molar-refractivity contribution in [3.8, 4) is 0 Å². The van der Waals surface area contributed by atoms with E-state index in [1.165, 1.54) is 23.9 Å². The highest BCUT2D eigenvalue weighted by atomic mass is 35.5. The van der Waals surface area contributed by atoms with E-state index >= 15 is 0 Å². The summed E-state index contributed by atoms with van der Waals surface area (Å²) in [5.74, 6) is -0.0637. The van der Waals surface area contributed by atoms with Gasteiger partial charge in [-0.2, -0.15) is 0 Å². The largest absolute Gasteiger partial charge is 0.385 e. The van der Waals surface area contributed by atoms with Gasteiger partial charge in [-0.25, -0.2) is 0 Å². The summed E-state index contributed by atoms with van der Waals surface area (Å²) < 4.78 is 6.89. The molecule has 6 nitrogen and oxygen atoms in total. The number of halogens is 3. The number of ether oxygens (including phenoxy) is 1. The van der Waals surface area contributed by atoms with Crippen LogP contribution in [-0.4, -0.2) is 40.1 Å². The molecule has 1 aromatic heterocycles. The van der Waals surface area contributed by atoms with E-state index in [4.69, 9.17) is 39.5 Å². The van der Waals surface area contributed by atoms with Crippen molar-refractivity contribution in [1.82, 2.24) is 14.8 Å². The minimum absolute atomic E-state index is 0.166. The van der Waals surface area contributed by atoms with Crippen LogP contribution in [0.15, 0.2) is 23.6 Å². The van der Waals surface area contributed by atoms with E-state index in [0.29, 0.717) is 32.5 Å². The highest BCUT2D eigenvalue weighted by molar-refractivity contribution is 7.99. The second kappa shape index (κ2) is 9.48. The molecule has 0 saturated heterocycles. The molecule has 1 heterocycles. The zero-order valence-electron chi connectivity index (χ0n) is 12.8. The number of methoxy groups -OCH3 is 1. The Hall–Kier alpha value is -0.990. The monoisotopic (exact) mass is 408 g/mol. The third kappa shape index (κ3) is 5.53. The first-order valence-corrected chi connectivity index (χ1v) is 9.07. The maximum absolute atomic E-state index is 12.1. The van der Waals surface area contributed by atoms with E-state index in [2.05, 4.69) is 15.5 Å². The second-order valence-electron chi connectivity index (χ2n) is 4.74. The molecule has 1 N–H and O–H groups in total. The third-order valence-corrected chi connectivity index (χ3v) is 4.96. The van der Waals surface area contributed by atoms with Gasteiger partial charge in [0.25, 0.3) is 0 Å². The summed E-state index contributed by atoms with van der Waals surface area (Å²) >= 11 is 19.1. The molecule has 0 radical (unpaired) electrons. The lowest BCUT2D eigenvalue weighted by molar-refractivity contribution is -0.113. The average Bonchev–Trinajstić information content (AvgIpc) is 2.98. The Bertz CT molecular complexity index is 711. The van der Waals surface area contributed by atoms with E-state index in [9.17, 15) is 4.79 Å². The van der Waals surface area contributed by atoms with Crippen LogP contribution in [0.1, 0.15) is 6.42 Å². The predicted octanol–water partition coefficient (Wildman–Crippen LogP) is 4.01. The summed E-state index contributed by atoms with van der Waals surface area (Å²) in [6.07, 6.45) is 2.47. The van der Waals surface area contributed by atoms with Crippen LogP contribution in [-0.2, 0) is 16.1 Å². The number of rotatable bonds is 8. The minimum atomic E-state index is -0.230. The molecule has 0 bridgehead atoms. The lowest BCUT2D eigenvalue weighted by atomic mass is 10.3. The summed E-state index contributed by atoms with van der Waals surface area (Å²) in [7, 11) is 1.65. The fraction of sp³-hybridized carbons (Fsp3) is 0.357. The molecule has 24 heavy (non-hydrogen) atoms. The molecule has 0 atom stereocenters. The molecule has 0 spiro atoms.